The molecule has 2 aromatic rings. The largest absolute Gasteiger partial charge is 0.490 e. The maximum absolute atomic E-state index is 12.5. The molecule has 3 rings (SSSR count). The Hall–Kier alpha value is -2.22. The Bertz CT molecular complexity index is 778. The van der Waals surface area contributed by atoms with Gasteiger partial charge in [0.2, 0.25) is 5.91 Å². The quantitative estimate of drug-likeness (QED) is 0.732. The Labute approximate surface area is 163 Å². The first-order valence-electron chi connectivity index (χ1n) is 9.28. The van der Waals surface area contributed by atoms with E-state index >= 15 is 0 Å². The molecule has 1 amide bonds. The summed E-state index contributed by atoms with van der Waals surface area (Å²) in [5.74, 6) is 2.02. The summed E-state index contributed by atoms with van der Waals surface area (Å²) in [6, 6.07) is 5.81. The molecule has 0 bridgehead atoms. The number of aryl methyl sites for hydroxylation is 1. The first-order chi connectivity index (χ1) is 13.1. The molecule has 1 atom stereocenters. The van der Waals surface area contributed by atoms with Crippen molar-refractivity contribution in [2.24, 2.45) is 5.92 Å². The van der Waals surface area contributed by atoms with Crippen LogP contribution in [0.5, 0.6) is 11.5 Å². The summed E-state index contributed by atoms with van der Waals surface area (Å²) in [5, 5.41) is 11.8. The van der Waals surface area contributed by atoms with Crippen molar-refractivity contribution in [1.29, 1.82) is 0 Å². The lowest BCUT2D eigenvalue weighted by molar-refractivity contribution is -0.119. The molecule has 146 valence electrons. The molecule has 1 unspecified atom stereocenters. The highest BCUT2D eigenvalue weighted by atomic mass is 32.2. The number of thioether (sulfide) groups is 1. The van der Waals surface area contributed by atoms with Crippen molar-refractivity contribution in [1.82, 2.24) is 20.1 Å². The van der Waals surface area contributed by atoms with E-state index in [1.807, 2.05) is 29.7 Å². The van der Waals surface area contributed by atoms with Crippen LogP contribution in [0.25, 0.3) is 0 Å². The number of nitrogens with one attached hydrogen (secondary N) is 1. The van der Waals surface area contributed by atoms with Crippen LogP contribution in [0.2, 0.25) is 0 Å². The van der Waals surface area contributed by atoms with Crippen molar-refractivity contribution in [2.75, 3.05) is 19.0 Å². The summed E-state index contributed by atoms with van der Waals surface area (Å²) in [4.78, 5) is 12.5. The summed E-state index contributed by atoms with van der Waals surface area (Å²) in [6.45, 7) is 8.29. The molecular weight excluding hydrogens is 364 g/mol. The van der Waals surface area contributed by atoms with E-state index in [0.29, 0.717) is 19.0 Å². The number of carbonyl (C=O) groups excluding carboxylic acids is 1. The van der Waals surface area contributed by atoms with Crippen molar-refractivity contribution in [3.8, 4) is 11.5 Å². The second kappa shape index (κ2) is 9.12. The van der Waals surface area contributed by atoms with Crippen molar-refractivity contribution in [2.45, 2.75) is 44.9 Å². The molecular formula is C19H26N4O3S. The van der Waals surface area contributed by atoms with Gasteiger partial charge in [-0.25, -0.2) is 0 Å². The van der Waals surface area contributed by atoms with Crippen LogP contribution in [0, 0.1) is 5.92 Å². The van der Waals surface area contributed by atoms with Crippen LogP contribution in [0.15, 0.2) is 29.7 Å². The molecule has 0 saturated carbocycles. The van der Waals surface area contributed by atoms with Crippen LogP contribution in [-0.2, 0) is 11.3 Å². The van der Waals surface area contributed by atoms with Gasteiger partial charge in [-0.05, 0) is 30.5 Å². The summed E-state index contributed by atoms with van der Waals surface area (Å²) in [5.41, 5.74) is 1.02. The standard InChI is InChI=1S/C19H26N4O3S/c1-4-23-12-20-22-19(23)27-11-17(24)21-18(13(2)3)14-6-7-15-16(10-14)26-9-5-8-25-15/h6-7,10,12-13,18H,4-5,8-9,11H2,1-3H3,(H,21,24). The summed E-state index contributed by atoms with van der Waals surface area (Å²) >= 11 is 1.39. The second-order valence-electron chi connectivity index (χ2n) is 6.73. The van der Waals surface area contributed by atoms with Gasteiger partial charge >= 0.3 is 0 Å². The minimum absolute atomic E-state index is 0.0311. The molecule has 1 aromatic carbocycles. The van der Waals surface area contributed by atoms with Gasteiger partial charge in [-0.2, -0.15) is 0 Å². The maximum Gasteiger partial charge on any atom is 0.230 e. The van der Waals surface area contributed by atoms with E-state index in [1.54, 1.807) is 6.33 Å². The molecule has 2 heterocycles. The van der Waals surface area contributed by atoms with Gasteiger partial charge in [-0.3, -0.25) is 4.79 Å². The zero-order chi connectivity index (χ0) is 19.2. The van der Waals surface area contributed by atoms with Gasteiger partial charge < -0.3 is 19.4 Å². The van der Waals surface area contributed by atoms with E-state index in [-0.39, 0.29) is 17.9 Å². The molecule has 8 heteroatoms. The molecule has 27 heavy (non-hydrogen) atoms. The van der Waals surface area contributed by atoms with E-state index < -0.39 is 0 Å². The molecule has 7 nitrogen and oxygen atoms in total. The van der Waals surface area contributed by atoms with E-state index in [1.165, 1.54) is 11.8 Å². The lowest BCUT2D eigenvalue weighted by atomic mass is 9.95. The van der Waals surface area contributed by atoms with Crippen LogP contribution in [0.4, 0.5) is 0 Å². The normalized spacial score (nSPS) is 14.7. The SMILES string of the molecule is CCn1cnnc1SCC(=O)NC(c1ccc2c(c1)OCCCO2)C(C)C. The van der Waals surface area contributed by atoms with E-state index in [9.17, 15) is 4.79 Å². The minimum Gasteiger partial charge on any atom is -0.490 e. The number of rotatable bonds is 7. The Morgan fingerprint density at radius 3 is 2.81 bits per heavy atom. The first kappa shape index (κ1) is 19.5. The highest BCUT2D eigenvalue weighted by Gasteiger charge is 2.21. The third kappa shape index (κ3) is 4.94. The summed E-state index contributed by atoms with van der Waals surface area (Å²) in [6.07, 6.45) is 2.54. The van der Waals surface area contributed by atoms with Gasteiger partial charge in [0.15, 0.2) is 16.7 Å². The Morgan fingerprint density at radius 2 is 2.07 bits per heavy atom. The number of carbonyl (C=O) groups is 1. The van der Waals surface area contributed by atoms with Crippen LogP contribution in [0.3, 0.4) is 0 Å². The Kier molecular flexibility index (Phi) is 6.60. The molecule has 1 aliphatic rings. The zero-order valence-electron chi connectivity index (χ0n) is 16.0. The van der Waals surface area contributed by atoms with Gasteiger partial charge in [-0.1, -0.05) is 31.7 Å². The predicted octanol–water partition coefficient (Wildman–Crippen LogP) is 3.06. The molecule has 0 aliphatic carbocycles. The van der Waals surface area contributed by atoms with Crippen LogP contribution >= 0.6 is 11.8 Å². The van der Waals surface area contributed by atoms with Crippen molar-refractivity contribution in [3.05, 3.63) is 30.1 Å². The third-order valence-corrected chi connectivity index (χ3v) is 5.35. The van der Waals surface area contributed by atoms with Crippen LogP contribution in [-0.4, -0.2) is 39.6 Å². The molecule has 1 N–H and O–H groups in total. The Morgan fingerprint density at radius 1 is 1.30 bits per heavy atom. The van der Waals surface area contributed by atoms with Gasteiger partial charge in [0.25, 0.3) is 0 Å². The number of hydrogen-bond donors (Lipinski definition) is 1. The fourth-order valence-corrected chi connectivity index (χ4v) is 3.72. The lowest BCUT2D eigenvalue weighted by Crippen LogP contribution is -2.33. The Balaban J connectivity index is 1.67. The number of benzene rings is 1. The zero-order valence-corrected chi connectivity index (χ0v) is 16.8. The van der Waals surface area contributed by atoms with Crippen LogP contribution < -0.4 is 14.8 Å². The number of hydrogen-bond acceptors (Lipinski definition) is 6. The first-order valence-corrected chi connectivity index (χ1v) is 10.3. The maximum atomic E-state index is 12.5. The smallest absolute Gasteiger partial charge is 0.230 e. The van der Waals surface area contributed by atoms with Gasteiger partial charge in [0, 0.05) is 13.0 Å². The predicted molar refractivity (Wildman–Crippen MR) is 104 cm³/mol. The highest BCUT2D eigenvalue weighted by molar-refractivity contribution is 7.99. The van der Waals surface area contributed by atoms with E-state index in [4.69, 9.17) is 9.47 Å². The lowest BCUT2D eigenvalue weighted by Gasteiger charge is -2.24. The number of fused-ring (bicyclic) bond motifs is 1. The molecule has 0 spiro atoms. The summed E-state index contributed by atoms with van der Waals surface area (Å²) in [7, 11) is 0. The number of ether oxygens (including phenoxy) is 2. The third-order valence-electron chi connectivity index (χ3n) is 4.37. The number of aromatic nitrogens is 3. The summed E-state index contributed by atoms with van der Waals surface area (Å²) < 4.78 is 13.4. The average molecular weight is 391 g/mol. The van der Waals surface area contributed by atoms with Crippen molar-refractivity contribution < 1.29 is 14.3 Å². The highest BCUT2D eigenvalue weighted by Crippen LogP contribution is 2.34. The molecule has 0 fully saturated rings. The molecule has 0 radical (unpaired) electrons. The monoisotopic (exact) mass is 390 g/mol. The van der Waals surface area contributed by atoms with Gasteiger partial charge in [0.05, 0.1) is 25.0 Å². The van der Waals surface area contributed by atoms with Crippen LogP contribution in [0.1, 0.15) is 38.8 Å². The second-order valence-corrected chi connectivity index (χ2v) is 7.68. The number of nitrogens with zero attached hydrogens (tertiary/aromatic N) is 3. The fourth-order valence-electron chi connectivity index (χ4n) is 2.93. The molecule has 1 aromatic heterocycles. The van der Waals surface area contributed by atoms with Crippen molar-refractivity contribution >= 4 is 17.7 Å². The van der Waals surface area contributed by atoms with E-state index in [2.05, 4.69) is 29.4 Å². The topological polar surface area (TPSA) is 78.3 Å². The minimum atomic E-state index is -0.0979. The average Bonchev–Trinajstić information content (AvgIpc) is 2.99. The fraction of sp³-hybridized carbons (Fsp3) is 0.526. The number of amides is 1. The molecule has 1 aliphatic heterocycles. The van der Waals surface area contributed by atoms with Gasteiger partial charge in [0.1, 0.15) is 6.33 Å². The van der Waals surface area contributed by atoms with Gasteiger partial charge in [-0.15, -0.1) is 10.2 Å². The van der Waals surface area contributed by atoms with E-state index in [0.717, 1.165) is 35.2 Å². The molecule has 0 saturated heterocycles. The van der Waals surface area contributed by atoms with Crippen molar-refractivity contribution in [3.63, 3.8) is 0 Å².